The molecule has 2 rings (SSSR count). The zero-order valence-corrected chi connectivity index (χ0v) is 13.4. The third-order valence-corrected chi connectivity index (χ3v) is 4.75. The van der Waals surface area contributed by atoms with Crippen molar-refractivity contribution in [2.24, 2.45) is 0 Å². The van der Waals surface area contributed by atoms with Gasteiger partial charge in [0.15, 0.2) is 0 Å². The molecule has 20 heavy (non-hydrogen) atoms. The van der Waals surface area contributed by atoms with Crippen molar-refractivity contribution in [2.45, 2.75) is 51.3 Å². The van der Waals surface area contributed by atoms with Crippen LogP contribution in [0.2, 0.25) is 0 Å². The Balaban J connectivity index is 2.30. The number of benzene rings is 1. The van der Waals surface area contributed by atoms with E-state index in [1.54, 1.807) is 11.8 Å². The number of rotatable bonds is 4. The van der Waals surface area contributed by atoms with Crippen LogP contribution in [-0.4, -0.2) is 22.1 Å². The molecule has 3 nitrogen and oxygen atoms in total. The first-order chi connectivity index (χ1) is 9.38. The van der Waals surface area contributed by atoms with E-state index in [0.29, 0.717) is 23.3 Å². The van der Waals surface area contributed by atoms with E-state index in [1.165, 1.54) is 5.56 Å². The molecule has 1 aromatic carbocycles. The second kappa shape index (κ2) is 6.08. The van der Waals surface area contributed by atoms with E-state index in [0.717, 1.165) is 17.5 Å². The molecule has 0 aliphatic carbocycles. The van der Waals surface area contributed by atoms with Crippen molar-refractivity contribution in [1.29, 1.82) is 0 Å². The van der Waals surface area contributed by atoms with Gasteiger partial charge in [0.1, 0.15) is 5.75 Å². The van der Waals surface area contributed by atoms with Gasteiger partial charge in [0.05, 0.1) is 11.1 Å². The zero-order chi connectivity index (χ0) is 14.9. The van der Waals surface area contributed by atoms with E-state index in [1.807, 2.05) is 0 Å². The van der Waals surface area contributed by atoms with E-state index < -0.39 is 0 Å². The minimum Gasteiger partial charge on any atom is -0.507 e. The van der Waals surface area contributed by atoms with Crippen LogP contribution in [-0.2, 0) is 11.2 Å². The smallest absolute Gasteiger partial charge is 0.230 e. The highest BCUT2D eigenvalue weighted by Gasteiger charge is 2.23. The van der Waals surface area contributed by atoms with Crippen LogP contribution in [0.5, 0.6) is 5.75 Å². The zero-order valence-electron chi connectivity index (χ0n) is 12.6. The molecule has 1 saturated heterocycles. The lowest BCUT2D eigenvalue weighted by Crippen LogP contribution is -2.26. The van der Waals surface area contributed by atoms with Gasteiger partial charge >= 0.3 is 0 Å². The van der Waals surface area contributed by atoms with Gasteiger partial charge in [-0.3, -0.25) is 4.79 Å². The molecule has 1 aliphatic rings. The molecule has 0 radical (unpaired) electrons. The molecule has 110 valence electrons. The summed E-state index contributed by atoms with van der Waals surface area (Å²) in [6, 6.07) is 4.16. The first-order valence-electron chi connectivity index (χ1n) is 7.15. The molecule has 1 fully saturated rings. The largest absolute Gasteiger partial charge is 0.507 e. The van der Waals surface area contributed by atoms with Crippen LogP contribution in [0.1, 0.15) is 56.2 Å². The summed E-state index contributed by atoms with van der Waals surface area (Å²) in [6.45, 7) is 8.37. The fourth-order valence-corrected chi connectivity index (χ4v) is 3.47. The van der Waals surface area contributed by atoms with Crippen LogP contribution in [0.4, 0.5) is 0 Å². The highest BCUT2D eigenvalue weighted by Crippen LogP contribution is 2.35. The number of phenols is 1. The Bertz CT molecular complexity index is 482. The minimum absolute atomic E-state index is 0.118. The number of nitrogens with one attached hydrogen (secondary N) is 1. The lowest BCUT2D eigenvalue weighted by atomic mass is 9.90. The molecule has 1 atom stereocenters. The summed E-state index contributed by atoms with van der Waals surface area (Å²) in [7, 11) is 0. The van der Waals surface area contributed by atoms with Crippen LogP contribution in [0.25, 0.3) is 0 Å². The van der Waals surface area contributed by atoms with Gasteiger partial charge in [0.25, 0.3) is 0 Å². The van der Waals surface area contributed by atoms with Gasteiger partial charge < -0.3 is 10.4 Å². The first-order valence-corrected chi connectivity index (χ1v) is 8.20. The van der Waals surface area contributed by atoms with Gasteiger partial charge in [-0.05, 0) is 28.5 Å². The number of carbonyl (C=O) groups is 1. The maximum absolute atomic E-state index is 11.3. The number of carbonyl (C=O) groups excluding carboxylic acids is 1. The van der Waals surface area contributed by atoms with Gasteiger partial charge in [0.2, 0.25) is 5.91 Å². The Morgan fingerprint density at radius 1 is 1.25 bits per heavy atom. The average molecular weight is 293 g/mol. The van der Waals surface area contributed by atoms with Crippen LogP contribution in [0.15, 0.2) is 12.1 Å². The predicted octanol–water partition coefficient (Wildman–Crippen LogP) is 3.37. The molecule has 0 spiro atoms. The lowest BCUT2D eigenvalue weighted by Gasteiger charge is -2.19. The molecule has 1 aliphatic heterocycles. The quantitative estimate of drug-likeness (QED) is 0.895. The topological polar surface area (TPSA) is 49.3 Å². The van der Waals surface area contributed by atoms with Crippen LogP contribution >= 0.6 is 11.8 Å². The second-order valence-corrected chi connectivity index (χ2v) is 7.19. The van der Waals surface area contributed by atoms with E-state index >= 15 is 0 Å². The Labute approximate surface area is 125 Å². The third kappa shape index (κ3) is 3.29. The molecule has 4 heteroatoms. The fourth-order valence-electron chi connectivity index (χ4n) is 2.51. The number of amides is 1. The number of phenolic OH excluding ortho intramolecular Hbond substituents is 1. The highest BCUT2D eigenvalue weighted by molar-refractivity contribution is 8.01. The van der Waals surface area contributed by atoms with Crippen molar-refractivity contribution >= 4 is 17.7 Å². The van der Waals surface area contributed by atoms with Crippen molar-refractivity contribution in [2.75, 3.05) is 5.75 Å². The molecular weight excluding hydrogens is 270 g/mol. The molecule has 0 saturated carbocycles. The van der Waals surface area contributed by atoms with Crippen LogP contribution in [0, 0.1) is 0 Å². The van der Waals surface area contributed by atoms with Crippen molar-refractivity contribution in [1.82, 2.24) is 5.32 Å². The molecule has 0 bridgehead atoms. The van der Waals surface area contributed by atoms with Crippen LogP contribution in [0.3, 0.4) is 0 Å². The Kier molecular flexibility index (Phi) is 4.63. The number of hydrogen-bond acceptors (Lipinski definition) is 3. The predicted molar refractivity (Wildman–Crippen MR) is 84.4 cm³/mol. The highest BCUT2D eigenvalue weighted by atomic mass is 32.2. The Morgan fingerprint density at radius 3 is 2.20 bits per heavy atom. The monoisotopic (exact) mass is 293 g/mol. The molecule has 1 unspecified atom stereocenters. The molecule has 1 aromatic rings. The summed E-state index contributed by atoms with van der Waals surface area (Å²) < 4.78 is 0. The summed E-state index contributed by atoms with van der Waals surface area (Å²) in [4.78, 5) is 11.3. The van der Waals surface area contributed by atoms with Crippen molar-refractivity contribution in [3.63, 3.8) is 0 Å². The van der Waals surface area contributed by atoms with Crippen molar-refractivity contribution in [3.05, 3.63) is 28.8 Å². The normalized spacial score (nSPS) is 18.9. The number of aromatic hydroxyl groups is 1. The summed E-state index contributed by atoms with van der Waals surface area (Å²) in [6.07, 6.45) is 0.816. The molecular formula is C16H23NO2S. The van der Waals surface area contributed by atoms with E-state index in [-0.39, 0.29) is 11.3 Å². The van der Waals surface area contributed by atoms with Gasteiger partial charge in [0, 0.05) is 6.42 Å². The average Bonchev–Trinajstić information content (AvgIpc) is 2.76. The summed E-state index contributed by atoms with van der Waals surface area (Å²) in [5.74, 6) is 1.68. The summed E-state index contributed by atoms with van der Waals surface area (Å²) in [5, 5.41) is 13.5. The van der Waals surface area contributed by atoms with E-state index in [2.05, 4.69) is 45.1 Å². The van der Waals surface area contributed by atoms with Gasteiger partial charge in [-0.1, -0.05) is 39.8 Å². The fraction of sp³-hybridized carbons (Fsp3) is 0.562. The Morgan fingerprint density at radius 2 is 1.80 bits per heavy atom. The third-order valence-electron chi connectivity index (χ3n) is 3.63. The first kappa shape index (κ1) is 15.2. The maximum atomic E-state index is 11.3. The minimum atomic E-state index is 0.118. The maximum Gasteiger partial charge on any atom is 0.230 e. The SMILES string of the molecule is CC(C)c1cc(CC2NC(=O)CS2)cc(C(C)C)c1O. The van der Waals surface area contributed by atoms with E-state index in [4.69, 9.17) is 0 Å². The summed E-state index contributed by atoms with van der Waals surface area (Å²) in [5.41, 5.74) is 3.19. The summed E-state index contributed by atoms with van der Waals surface area (Å²) >= 11 is 1.65. The number of hydrogen-bond donors (Lipinski definition) is 2. The number of thioether (sulfide) groups is 1. The Hall–Kier alpha value is -1.16. The van der Waals surface area contributed by atoms with Crippen LogP contribution < -0.4 is 5.32 Å². The lowest BCUT2D eigenvalue weighted by molar-refractivity contribution is -0.118. The molecule has 1 heterocycles. The standard InChI is InChI=1S/C16H23NO2S/c1-9(2)12-5-11(6-13(10(3)4)16(12)19)7-15-17-14(18)8-20-15/h5-6,9-10,15,19H,7-8H2,1-4H3,(H,17,18). The van der Waals surface area contributed by atoms with E-state index in [9.17, 15) is 9.90 Å². The van der Waals surface area contributed by atoms with Crippen molar-refractivity contribution < 1.29 is 9.90 Å². The molecule has 1 amide bonds. The molecule has 0 aromatic heterocycles. The van der Waals surface area contributed by atoms with Gasteiger partial charge in [-0.15, -0.1) is 11.8 Å². The van der Waals surface area contributed by atoms with Gasteiger partial charge in [-0.2, -0.15) is 0 Å². The second-order valence-electron chi connectivity index (χ2n) is 6.00. The molecule has 2 N–H and O–H groups in total. The van der Waals surface area contributed by atoms with Gasteiger partial charge in [-0.25, -0.2) is 0 Å². The van der Waals surface area contributed by atoms with Crippen molar-refractivity contribution in [3.8, 4) is 5.75 Å².